The number of nitrogens with one attached hydrogen (secondary N) is 1. The molecule has 0 aliphatic carbocycles. The minimum absolute atomic E-state index is 0.0557. The molecule has 0 radical (unpaired) electrons. The van der Waals surface area contributed by atoms with Crippen molar-refractivity contribution in [1.82, 2.24) is 23.8 Å². The van der Waals surface area contributed by atoms with Gasteiger partial charge in [0, 0.05) is 24.7 Å². The SMILES string of the molecule is CC(C)(C)OC(=O)N1CC(c2nc3c(cnc4c3ccn4S(=O)(=O)c3ccccc3)[nH]2)C1. The van der Waals surface area contributed by atoms with Gasteiger partial charge in [0.15, 0.2) is 5.65 Å². The summed E-state index contributed by atoms with van der Waals surface area (Å²) >= 11 is 0. The Labute approximate surface area is 185 Å². The van der Waals surface area contributed by atoms with Gasteiger partial charge in [0.2, 0.25) is 0 Å². The maximum atomic E-state index is 13.1. The third-order valence-corrected chi connectivity index (χ3v) is 7.05. The minimum atomic E-state index is -3.77. The lowest BCUT2D eigenvalue weighted by molar-refractivity contribution is 0.00761. The molecule has 166 valence electrons. The van der Waals surface area contributed by atoms with Crippen LogP contribution in [0, 0.1) is 0 Å². The quantitative estimate of drug-likeness (QED) is 0.508. The lowest BCUT2D eigenvalue weighted by Crippen LogP contribution is -2.50. The van der Waals surface area contributed by atoms with Crippen molar-refractivity contribution in [1.29, 1.82) is 0 Å². The Morgan fingerprint density at radius 3 is 2.56 bits per heavy atom. The normalized spacial score (nSPS) is 15.3. The van der Waals surface area contributed by atoms with Crippen LogP contribution in [0.4, 0.5) is 4.79 Å². The summed E-state index contributed by atoms with van der Waals surface area (Å²) in [5.41, 5.74) is 1.16. The Hall–Kier alpha value is -3.40. The van der Waals surface area contributed by atoms with E-state index in [4.69, 9.17) is 9.72 Å². The number of nitrogens with zero attached hydrogens (tertiary/aromatic N) is 4. The van der Waals surface area contributed by atoms with Crippen LogP contribution in [0.25, 0.3) is 22.1 Å². The summed E-state index contributed by atoms with van der Waals surface area (Å²) in [6.07, 6.45) is 2.76. The Morgan fingerprint density at radius 2 is 1.88 bits per heavy atom. The fourth-order valence-electron chi connectivity index (χ4n) is 3.77. The van der Waals surface area contributed by atoms with Gasteiger partial charge in [-0.25, -0.2) is 27.2 Å². The van der Waals surface area contributed by atoms with Crippen molar-refractivity contribution in [2.45, 2.75) is 37.2 Å². The fourth-order valence-corrected chi connectivity index (χ4v) is 5.09. The van der Waals surface area contributed by atoms with Crippen LogP contribution >= 0.6 is 0 Å². The van der Waals surface area contributed by atoms with Crippen LogP contribution in [-0.2, 0) is 14.8 Å². The molecular weight excluding hydrogens is 430 g/mol. The largest absolute Gasteiger partial charge is 0.444 e. The third-order valence-electron chi connectivity index (χ3n) is 5.37. The molecule has 1 aromatic carbocycles. The molecule has 1 saturated heterocycles. The minimum Gasteiger partial charge on any atom is -0.444 e. The highest BCUT2D eigenvalue weighted by Gasteiger charge is 2.36. The van der Waals surface area contributed by atoms with E-state index in [1.165, 1.54) is 10.2 Å². The van der Waals surface area contributed by atoms with Gasteiger partial charge >= 0.3 is 6.09 Å². The summed E-state index contributed by atoms with van der Waals surface area (Å²) in [6.45, 7) is 6.53. The smallest absolute Gasteiger partial charge is 0.410 e. The van der Waals surface area contributed by atoms with E-state index in [2.05, 4.69) is 9.97 Å². The molecule has 10 heteroatoms. The van der Waals surface area contributed by atoms with Crippen molar-refractivity contribution in [2.75, 3.05) is 13.1 Å². The van der Waals surface area contributed by atoms with Crippen molar-refractivity contribution in [3.8, 4) is 0 Å². The van der Waals surface area contributed by atoms with Gasteiger partial charge in [-0.3, -0.25) is 0 Å². The molecule has 1 aliphatic rings. The van der Waals surface area contributed by atoms with Gasteiger partial charge < -0.3 is 14.6 Å². The van der Waals surface area contributed by atoms with Gasteiger partial charge in [-0.15, -0.1) is 0 Å². The Morgan fingerprint density at radius 1 is 1.16 bits per heavy atom. The number of aromatic nitrogens is 4. The van der Waals surface area contributed by atoms with Crippen molar-refractivity contribution in [3.05, 3.63) is 54.6 Å². The average Bonchev–Trinajstić information content (AvgIpc) is 3.30. The second kappa shape index (κ2) is 7.06. The van der Waals surface area contributed by atoms with E-state index >= 15 is 0 Å². The monoisotopic (exact) mass is 453 g/mol. The number of aromatic amines is 1. The second-order valence-corrected chi connectivity index (χ2v) is 10.7. The first kappa shape index (κ1) is 20.5. The van der Waals surface area contributed by atoms with Crippen molar-refractivity contribution in [3.63, 3.8) is 0 Å². The maximum absolute atomic E-state index is 13.1. The van der Waals surface area contributed by atoms with Gasteiger partial charge in [0.25, 0.3) is 10.0 Å². The third kappa shape index (κ3) is 3.40. The molecule has 1 N–H and O–H groups in total. The van der Waals surface area contributed by atoms with Gasteiger partial charge in [0.1, 0.15) is 16.9 Å². The molecule has 4 heterocycles. The number of hydrogen-bond acceptors (Lipinski definition) is 6. The molecule has 1 aliphatic heterocycles. The van der Waals surface area contributed by atoms with Crippen LogP contribution in [-0.4, -0.2) is 57.0 Å². The number of pyridine rings is 1. The standard InChI is InChI=1S/C22H23N5O4S/c1-22(2,3)31-21(28)26-12-14(13-26)19-24-17-11-23-20-16(18(17)25-19)9-10-27(20)32(29,30)15-7-5-4-6-8-15/h4-11,14H,12-13H2,1-3H3,(H,24,25). The molecule has 4 aromatic rings. The fraction of sp³-hybridized carbons (Fsp3) is 0.318. The molecule has 0 unspecified atom stereocenters. The predicted octanol–water partition coefficient (Wildman–Crippen LogP) is 3.48. The number of ether oxygens (including phenoxy) is 1. The molecule has 9 nitrogen and oxygen atoms in total. The first-order valence-corrected chi connectivity index (χ1v) is 11.7. The molecule has 1 amide bonds. The van der Waals surface area contributed by atoms with E-state index in [0.717, 1.165) is 11.3 Å². The van der Waals surface area contributed by atoms with Crippen LogP contribution in [0.2, 0.25) is 0 Å². The molecule has 0 spiro atoms. The number of H-pyrrole nitrogens is 1. The zero-order valence-corrected chi connectivity index (χ0v) is 18.8. The number of carbonyl (C=O) groups is 1. The van der Waals surface area contributed by atoms with Crippen LogP contribution in [0.5, 0.6) is 0 Å². The summed E-state index contributed by atoms with van der Waals surface area (Å²) in [5, 5.41) is 0.646. The first-order valence-electron chi connectivity index (χ1n) is 10.3. The van der Waals surface area contributed by atoms with E-state index in [0.29, 0.717) is 29.6 Å². The summed E-state index contributed by atoms with van der Waals surface area (Å²) in [6, 6.07) is 9.96. The highest BCUT2D eigenvalue weighted by Crippen LogP contribution is 2.31. The van der Waals surface area contributed by atoms with E-state index < -0.39 is 15.6 Å². The molecule has 0 atom stereocenters. The number of likely N-dealkylation sites (tertiary alicyclic amines) is 1. The number of rotatable bonds is 3. The molecule has 1 fully saturated rings. The van der Waals surface area contributed by atoms with Crippen molar-refractivity contribution in [2.24, 2.45) is 0 Å². The Bertz CT molecular complexity index is 1430. The van der Waals surface area contributed by atoms with Crippen LogP contribution < -0.4 is 0 Å². The highest BCUT2D eigenvalue weighted by molar-refractivity contribution is 7.90. The van der Waals surface area contributed by atoms with E-state index in [1.807, 2.05) is 20.8 Å². The maximum Gasteiger partial charge on any atom is 0.410 e. The average molecular weight is 454 g/mol. The van der Waals surface area contributed by atoms with E-state index in [-0.39, 0.29) is 16.9 Å². The number of amides is 1. The first-order chi connectivity index (χ1) is 15.1. The zero-order chi connectivity index (χ0) is 22.7. The van der Waals surface area contributed by atoms with Gasteiger partial charge in [-0.2, -0.15) is 0 Å². The second-order valence-electron chi connectivity index (χ2n) is 8.89. The number of carbonyl (C=O) groups excluding carboxylic acids is 1. The molecule has 0 saturated carbocycles. The van der Waals surface area contributed by atoms with Crippen molar-refractivity contribution < 1.29 is 17.9 Å². The van der Waals surface area contributed by atoms with Crippen LogP contribution in [0.1, 0.15) is 32.5 Å². The Balaban J connectivity index is 1.44. The van der Waals surface area contributed by atoms with Crippen LogP contribution in [0.3, 0.4) is 0 Å². The summed E-state index contributed by atoms with van der Waals surface area (Å²) < 4.78 is 32.7. The summed E-state index contributed by atoms with van der Waals surface area (Å²) in [7, 11) is -3.77. The Kier molecular flexibility index (Phi) is 4.52. The summed E-state index contributed by atoms with van der Waals surface area (Å²) in [4.78, 5) is 26.4. The number of benzene rings is 1. The highest BCUT2D eigenvalue weighted by atomic mass is 32.2. The number of imidazole rings is 1. The predicted molar refractivity (Wildman–Crippen MR) is 119 cm³/mol. The van der Waals surface area contributed by atoms with Crippen molar-refractivity contribution >= 4 is 38.2 Å². The molecule has 0 bridgehead atoms. The number of fused-ring (bicyclic) bond motifs is 3. The molecule has 3 aromatic heterocycles. The van der Waals surface area contributed by atoms with Crippen LogP contribution in [0.15, 0.2) is 53.7 Å². The molecule has 5 rings (SSSR count). The molecular formula is C22H23N5O4S. The zero-order valence-electron chi connectivity index (χ0n) is 17.9. The number of hydrogen-bond donors (Lipinski definition) is 1. The van der Waals surface area contributed by atoms with Gasteiger partial charge in [0.05, 0.1) is 22.5 Å². The topological polar surface area (TPSA) is 110 Å². The lowest BCUT2D eigenvalue weighted by atomic mass is 10.0. The van der Waals surface area contributed by atoms with E-state index in [9.17, 15) is 13.2 Å². The van der Waals surface area contributed by atoms with E-state index in [1.54, 1.807) is 47.5 Å². The molecule has 32 heavy (non-hydrogen) atoms. The lowest BCUT2D eigenvalue weighted by Gasteiger charge is -2.38. The van der Waals surface area contributed by atoms with Gasteiger partial charge in [-0.1, -0.05) is 18.2 Å². The summed E-state index contributed by atoms with van der Waals surface area (Å²) in [5.74, 6) is 0.799. The van der Waals surface area contributed by atoms with Gasteiger partial charge in [-0.05, 0) is 39.0 Å².